The number of benzene rings is 2. The molecule has 2 heterocycles. The van der Waals surface area contributed by atoms with Crippen molar-refractivity contribution in [1.82, 2.24) is 10.2 Å². The highest BCUT2D eigenvalue weighted by Crippen LogP contribution is 2.36. The molecule has 2 amide bonds. The molecule has 2 unspecified atom stereocenters. The van der Waals surface area contributed by atoms with Crippen LogP contribution in [0.3, 0.4) is 0 Å². The van der Waals surface area contributed by atoms with E-state index in [1.807, 2.05) is 36.2 Å². The van der Waals surface area contributed by atoms with Crippen molar-refractivity contribution in [3.8, 4) is 5.75 Å². The van der Waals surface area contributed by atoms with Crippen LogP contribution in [0.1, 0.15) is 38.9 Å². The first-order valence-electron chi connectivity index (χ1n) is 12.1. The van der Waals surface area contributed by atoms with Crippen molar-refractivity contribution in [2.45, 2.75) is 33.4 Å². The van der Waals surface area contributed by atoms with Crippen LogP contribution in [-0.2, 0) is 0 Å². The Morgan fingerprint density at radius 3 is 2.66 bits per heavy atom. The normalized spacial score (nSPS) is 19.2. The van der Waals surface area contributed by atoms with Crippen molar-refractivity contribution in [3.63, 3.8) is 0 Å². The minimum Gasteiger partial charge on any atom is -0.492 e. The number of amides is 2. The van der Waals surface area contributed by atoms with Gasteiger partial charge in [0.25, 0.3) is 0 Å². The number of halogens is 1. The molecule has 2 atom stereocenters. The van der Waals surface area contributed by atoms with Gasteiger partial charge in [0.05, 0.1) is 17.6 Å². The van der Waals surface area contributed by atoms with Gasteiger partial charge in [-0.2, -0.15) is 0 Å². The summed E-state index contributed by atoms with van der Waals surface area (Å²) < 4.78 is 20.6. The van der Waals surface area contributed by atoms with Gasteiger partial charge < -0.3 is 30.9 Å². The second kappa shape index (κ2) is 10.5. The third-order valence-electron chi connectivity index (χ3n) is 6.58. The van der Waals surface area contributed by atoms with Crippen LogP contribution < -0.4 is 26.0 Å². The number of aliphatic imine (C=N–C) groups is 1. The Balaban J connectivity index is 1.37. The molecule has 1 fully saturated rings. The van der Waals surface area contributed by atoms with Crippen molar-refractivity contribution in [2.75, 3.05) is 49.2 Å². The van der Waals surface area contributed by atoms with Crippen LogP contribution in [0.15, 0.2) is 41.4 Å². The fourth-order valence-electron chi connectivity index (χ4n) is 4.37. The average molecular weight is 483 g/mol. The summed E-state index contributed by atoms with van der Waals surface area (Å²) in [5.41, 5.74) is 2.70. The van der Waals surface area contributed by atoms with Crippen molar-refractivity contribution < 1.29 is 13.9 Å². The summed E-state index contributed by atoms with van der Waals surface area (Å²) in [5.74, 6) is 0.571. The molecule has 1 saturated heterocycles. The number of fused-ring (bicyclic) bond motifs is 1. The van der Waals surface area contributed by atoms with Gasteiger partial charge >= 0.3 is 6.03 Å². The molecule has 2 aliphatic heterocycles. The summed E-state index contributed by atoms with van der Waals surface area (Å²) in [5, 5.41) is 12.2. The summed E-state index contributed by atoms with van der Waals surface area (Å²) in [4.78, 5) is 18.9. The molecule has 2 aromatic carbocycles. The van der Waals surface area contributed by atoms with E-state index in [0.717, 1.165) is 25.2 Å². The number of rotatable bonds is 7. The van der Waals surface area contributed by atoms with E-state index in [9.17, 15) is 9.18 Å². The first-order valence-corrected chi connectivity index (χ1v) is 12.1. The Bertz CT molecular complexity index is 1070. The molecule has 0 aromatic heterocycles. The monoisotopic (exact) mass is 482 g/mol. The average Bonchev–Trinajstić information content (AvgIpc) is 3.32. The Morgan fingerprint density at radius 2 is 1.97 bits per heavy atom. The van der Waals surface area contributed by atoms with Gasteiger partial charge in [-0.1, -0.05) is 20.8 Å². The summed E-state index contributed by atoms with van der Waals surface area (Å²) in [6.07, 6.45) is 1.99. The number of carbonyl (C=O) groups excluding carboxylic acids is 1. The number of ether oxygens (including phenoxy) is 1. The van der Waals surface area contributed by atoms with Crippen LogP contribution in [0, 0.1) is 17.2 Å². The molecule has 35 heavy (non-hydrogen) atoms. The minimum atomic E-state index is -0.586. The summed E-state index contributed by atoms with van der Waals surface area (Å²) in [6, 6.07) is 10.4. The lowest BCUT2D eigenvalue weighted by atomic mass is 9.80. The molecule has 0 aliphatic carbocycles. The maximum absolute atomic E-state index is 14.9. The van der Waals surface area contributed by atoms with E-state index in [1.165, 1.54) is 6.07 Å². The molecule has 0 spiro atoms. The predicted octanol–water partition coefficient (Wildman–Crippen LogP) is 4.89. The Kier molecular flexibility index (Phi) is 7.45. The molecule has 0 bridgehead atoms. The highest BCUT2D eigenvalue weighted by atomic mass is 19.1. The van der Waals surface area contributed by atoms with Gasteiger partial charge in [0.1, 0.15) is 18.2 Å². The highest BCUT2D eigenvalue weighted by Gasteiger charge is 2.33. The largest absolute Gasteiger partial charge is 0.492 e. The van der Waals surface area contributed by atoms with Crippen LogP contribution in [0.5, 0.6) is 5.75 Å². The molecule has 188 valence electrons. The number of carbonyl (C=O) groups is 1. The predicted molar refractivity (Wildman–Crippen MR) is 139 cm³/mol. The van der Waals surface area contributed by atoms with E-state index in [-0.39, 0.29) is 11.4 Å². The van der Waals surface area contributed by atoms with E-state index in [4.69, 9.17) is 4.74 Å². The molecule has 2 aliphatic rings. The van der Waals surface area contributed by atoms with Crippen LogP contribution in [-0.4, -0.2) is 50.6 Å². The minimum absolute atomic E-state index is 0.0795. The number of likely N-dealkylation sites (N-methyl/N-ethyl adjacent to an activating group) is 1. The molecule has 9 heteroatoms. The van der Waals surface area contributed by atoms with Crippen LogP contribution in [0.25, 0.3) is 0 Å². The van der Waals surface area contributed by atoms with E-state index in [0.29, 0.717) is 41.8 Å². The van der Waals surface area contributed by atoms with E-state index in [2.05, 4.69) is 47.0 Å². The standard InChI is InChI=1S/C26H35FN6O2/c1-26(2,3)17-9-11-33(15-17)25(34)32-19-7-5-18(6-8-19)31-24-23-21(27)13-20(35-12-10-28-4)14-22(23)29-16-30-24/h5-8,13-14,16-17,24,28,31H,9-12,15H2,1-4H3,(H,29,30)(H,32,34). The molecule has 8 nitrogen and oxygen atoms in total. The molecule has 0 radical (unpaired) electrons. The molecule has 2 aromatic rings. The zero-order chi connectivity index (χ0) is 25.0. The van der Waals surface area contributed by atoms with Crippen molar-refractivity contribution >= 4 is 29.4 Å². The number of urea groups is 1. The smallest absolute Gasteiger partial charge is 0.321 e. The number of nitrogens with zero attached hydrogens (tertiary/aromatic N) is 2. The van der Waals surface area contributed by atoms with Gasteiger partial charge in [-0.15, -0.1) is 0 Å². The van der Waals surface area contributed by atoms with Crippen LogP contribution >= 0.6 is 0 Å². The van der Waals surface area contributed by atoms with Crippen molar-refractivity contribution in [2.24, 2.45) is 16.3 Å². The Hall–Kier alpha value is -3.33. The van der Waals surface area contributed by atoms with E-state index in [1.54, 1.807) is 12.4 Å². The SMILES string of the molecule is CNCCOc1cc(F)c2c(c1)NC=NC2Nc1ccc(NC(=O)N2CCC(C(C)(C)C)C2)cc1. The van der Waals surface area contributed by atoms with Crippen molar-refractivity contribution in [1.29, 1.82) is 0 Å². The maximum atomic E-state index is 14.9. The second-order valence-corrected chi connectivity index (χ2v) is 10.1. The van der Waals surface area contributed by atoms with Gasteiger partial charge in [0.2, 0.25) is 0 Å². The molecule has 4 rings (SSSR count). The lowest BCUT2D eigenvalue weighted by Crippen LogP contribution is -2.34. The Morgan fingerprint density at radius 1 is 1.23 bits per heavy atom. The van der Waals surface area contributed by atoms with Gasteiger partial charge in [0.15, 0.2) is 6.17 Å². The quantitative estimate of drug-likeness (QED) is 0.422. The fraction of sp³-hybridized carbons (Fsp3) is 0.462. The zero-order valence-electron chi connectivity index (χ0n) is 20.8. The van der Waals surface area contributed by atoms with E-state index < -0.39 is 12.0 Å². The third kappa shape index (κ3) is 6.03. The zero-order valence-corrected chi connectivity index (χ0v) is 20.8. The number of nitrogens with one attached hydrogen (secondary N) is 4. The van der Waals surface area contributed by atoms with Gasteiger partial charge in [-0.25, -0.2) is 14.2 Å². The lowest BCUT2D eigenvalue weighted by Gasteiger charge is -2.27. The van der Waals surface area contributed by atoms with Crippen LogP contribution in [0.4, 0.5) is 26.2 Å². The molecular weight excluding hydrogens is 447 g/mol. The highest BCUT2D eigenvalue weighted by molar-refractivity contribution is 5.89. The second-order valence-electron chi connectivity index (χ2n) is 10.1. The molecular formula is C26H35FN6O2. The summed E-state index contributed by atoms with van der Waals surface area (Å²) in [7, 11) is 1.83. The first kappa shape index (κ1) is 24.8. The van der Waals surface area contributed by atoms with Gasteiger partial charge in [0, 0.05) is 43.1 Å². The van der Waals surface area contributed by atoms with Gasteiger partial charge in [-0.05, 0) is 49.1 Å². The number of anilines is 3. The number of hydrogen-bond donors (Lipinski definition) is 4. The third-order valence-corrected chi connectivity index (χ3v) is 6.58. The lowest BCUT2D eigenvalue weighted by molar-refractivity contribution is 0.208. The maximum Gasteiger partial charge on any atom is 0.321 e. The van der Waals surface area contributed by atoms with Crippen molar-refractivity contribution in [3.05, 3.63) is 47.8 Å². The molecule has 0 saturated carbocycles. The summed E-state index contributed by atoms with van der Waals surface area (Å²) >= 11 is 0. The number of likely N-dealkylation sites (tertiary alicyclic amines) is 1. The first-order chi connectivity index (χ1) is 16.7. The van der Waals surface area contributed by atoms with Gasteiger partial charge in [-0.3, -0.25) is 0 Å². The summed E-state index contributed by atoms with van der Waals surface area (Å²) in [6.45, 7) is 9.33. The fourth-order valence-corrected chi connectivity index (χ4v) is 4.37. The Labute approximate surface area is 206 Å². The number of hydrogen-bond acceptors (Lipinski definition) is 6. The van der Waals surface area contributed by atoms with Crippen LogP contribution in [0.2, 0.25) is 0 Å². The topological polar surface area (TPSA) is 90.0 Å². The molecule has 4 N–H and O–H groups in total. The van der Waals surface area contributed by atoms with E-state index >= 15 is 0 Å².